The summed E-state index contributed by atoms with van der Waals surface area (Å²) >= 11 is 5.16. The zero-order chi connectivity index (χ0) is 14.4. The van der Waals surface area contributed by atoms with E-state index in [2.05, 4.69) is 10.6 Å². The van der Waals surface area contributed by atoms with E-state index in [9.17, 15) is 4.39 Å². The van der Waals surface area contributed by atoms with Crippen molar-refractivity contribution in [3.05, 3.63) is 29.6 Å². The quantitative estimate of drug-likeness (QED) is 0.598. The van der Waals surface area contributed by atoms with E-state index in [1.54, 1.807) is 13.0 Å². The number of anilines is 1. The third-order valence-corrected chi connectivity index (χ3v) is 3.48. The lowest BCUT2D eigenvalue weighted by Gasteiger charge is -2.11. The molecule has 3 nitrogen and oxygen atoms in total. The van der Waals surface area contributed by atoms with Gasteiger partial charge in [0.25, 0.3) is 0 Å². The SMILES string of the molecule is Cc1ccc(NC(=S)NCCCOCC2CC2)cc1F. The summed E-state index contributed by atoms with van der Waals surface area (Å²) in [5, 5.41) is 6.57. The van der Waals surface area contributed by atoms with Crippen LogP contribution in [0.3, 0.4) is 0 Å². The van der Waals surface area contributed by atoms with Gasteiger partial charge in [0.15, 0.2) is 5.11 Å². The number of aryl methyl sites for hydroxylation is 1. The van der Waals surface area contributed by atoms with Gasteiger partial charge in [-0.1, -0.05) is 6.07 Å². The first kappa shape index (κ1) is 15.2. The molecule has 0 bridgehead atoms. The fourth-order valence-electron chi connectivity index (χ4n) is 1.76. The van der Waals surface area contributed by atoms with Gasteiger partial charge in [0.1, 0.15) is 5.82 Å². The van der Waals surface area contributed by atoms with Gasteiger partial charge in [-0.2, -0.15) is 0 Å². The van der Waals surface area contributed by atoms with Crippen molar-refractivity contribution in [1.82, 2.24) is 5.32 Å². The summed E-state index contributed by atoms with van der Waals surface area (Å²) in [5.41, 5.74) is 1.29. The first-order chi connectivity index (χ1) is 9.65. The van der Waals surface area contributed by atoms with Gasteiger partial charge in [-0.15, -0.1) is 0 Å². The normalized spacial score (nSPS) is 14.1. The molecular formula is C15H21FN2OS. The number of hydrogen-bond acceptors (Lipinski definition) is 2. The van der Waals surface area contributed by atoms with Crippen LogP contribution in [0.25, 0.3) is 0 Å². The van der Waals surface area contributed by atoms with Crippen molar-refractivity contribution < 1.29 is 9.13 Å². The molecule has 2 rings (SSSR count). The first-order valence-electron chi connectivity index (χ1n) is 7.04. The maximum atomic E-state index is 13.4. The van der Waals surface area contributed by atoms with E-state index in [0.29, 0.717) is 16.4 Å². The molecule has 0 heterocycles. The van der Waals surface area contributed by atoms with Crippen LogP contribution in [0.4, 0.5) is 10.1 Å². The molecule has 0 saturated heterocycles. The second-order valence-corrected chi connectivity index (χ2v) is 5.62. The minimum atomic E-state index is -0.230. The number of nitrogens with one attached hydrogen (secondary N) is 2. The van der Waals surface area contributed by atoms with Crippen LogP contribution in [-0.2, 0) is 4.74 Å². The molecule has 0 spiro atoms. The molecule has 0 aliphatic heterocycles. The fraction of sp³-hybridized carbons (Fsp3) is 0.533. The highest BCUT2D eigenvalue weighted by Gasteiger charge is 2.20. The van der Waals surface area contributed by atoms with E-state index in [0.717, 1.165) is 32.1 Å². The molecule has 1 aliphatic carbocycles. The maximum Gasteiger partial charge on any atom is 0.170 e. The van der Waals surface area contributed by atoms with Crippen molar-refractivity contribution in [2.24, 2.45) is 5.92 Å². The van der Waals surface area contributed by atoms with Crippen LogP contribution in [0.1, 0.15) is 24.8 Å². The zero-order valence-electron chi connectivity index (χ0n) is 11.7. The Labute approximate surface area is 124 Å². The Morgan fingerprint density at radius 1 is 1.45 bits per heavy atom. The second-order valence-electron chi connectivity index (χ2n) is 5.22. The van der Waals surface area contributed by atoms with Crippen LogP contribution in [0.5, 0.6) is 0 Å². The topological polar surface area (TPSA) is 33.3 Å². The van der Waals surface area contributed by atoms with E-state index in [1.165, 1.54) is 18.9 Å². The number of hydrogen-bond donors (Lipinski definition) is 2. The molecule has 0 unspecified atom stereocenters. The highest BCUT2D eigenvalue weighted by molar-refractivity contribution is 7.80. The fourth-order valence-corrected chi connectivity index (χ4v) is 1.98. The Hall–Kier alpha value is -1.20. The van der Waals surface area contributed by atoms with Crippen LogP contribution in [-0.4, -0.2) is 24.9 Å². The van der Waals surface area contributed by atoms with E-state index >= 15 is 0 Å². The largest absolute Gasteiger partial charge is 0.381 e. The lowest BCUT2D eigenvalue weighted by molar-refractivity contribution is 0.123. The van der Waals surface area contributed by atoms with Crippen LogP contribution < -0.4 is 10.6 Å². The molecule has 1 saturated carbocycles. The van der Waals surface area contributed by atoms with Crippen molar-refractivity contribution in [1.29, 1.82) is 0 Å². The Balaban J connectivity index is 1.58. The van der Waals surface area contributed by atoms with Crippen molar-refractivity contribution in [3.63, 3.8) is 0 Å². The summed E-state index contributed by atoms with van der Waals surface area (Å²) in [5.74, 6) is 0.577. The number of thiocarbonyl (C=S) groups is 1. The van der Waals surface area contributed by atoms with Gasteiger partial charge in [-0.25, -0.2) is 4.39 Å². The van der Waals surface area contributed by atoms with Crippen molar-refractivity contribution in [2.75, 3.05) is 25.1 Å². The van der Waals surface area contributed by atoms with Gasteiger partial charge in [-0.3, -0.25) is 0 Å². The molecule has 1 aromatic carbocycles. The van der Waals surface area contributed by atoms with E-state index in [1.807, 2.05) is 6.07 Å². The van der Waals surface area contributed by atoms with Crippen LogP contribution in [0, 0.1) is 18.7 Å². The second kappa shape index (κ2) is 7.55. The summed E-state index contributed by atoms with van der Waals surface area (Å²) in [6.07, 6.45) is 3.55. The minimum absolute atomic E-state index is 0.230. The molecule has 0 radical (unpaired) electrons. The molecular weight excluding hydrogens is 275 g/mol. The Morgan fingerprint density at radius 3 is 2.95 bits per heavy atom. The van der Waals surface area contributed by atoms with Gasteiger partial charge in [0.2, 0.25) is 0 Å². The predicted molar refractivity (Wildman–Crippen MR) is 83.5 cm³/mol. The van der Waals surface area contributed by atoms with E-state index in [4.69, 9.17) is 17.0 Å². The standard InChI is InChI=1S/C15H21FN2OS/c1-11-3-6-13(9-14(11)16)18-15(20)17-7-2-8-19-10-12-4-5-12/h3,6,9,12H,2,4-5,7-8,10H2,1H3,(H2,17,18,20). The summed E-state index contributed by atoms with van der Waals surface area (Å²) in [6.45, 7) is 4.14. The summed E-state index contributed by atoms with van der Waals surface area (Å²) in [6, 6.07) is 4.99. The molecule has 0 aromatic heterocycles. The Morgan fingerprint density at radius 2 is 2.25 bits per heavy atom. The highest BCUT2D eigenvalue weighted by Crippen LogP contribution is 2.28. The predicted octanol–water partition coefficient (Wildman–Crippen LogP) is 3.24. The van der Waals surface area contributed by atoms with Crippen molar-refractivity contribution in [3.8, 4) is 0 Å². The van der Waals surface area contributed by atoms with Gasteiger partial charge in [-0.05, 0) is 62.0 Å². The molecule has 1 aliphatic rings. The van der Waals surface area contributed by atoms with Crippen molar-refractivity contribution >= 4 is 23.0 Å². The van der Waals surface area contributed by atoms with Gasteiger partial charge < -0.3 is 15.4 Å². The number of benzene rings is 1. The minimum Gasteiger partial charge on any atom is -0.381 e. The molecule has 20 heavy (non-hydrogen) atoms. The third-order valence-electron chi connectivity index (χ3n) is 3.23. The first-order valence-corrected chi connectivity index (χ1v) is 7.45. The van der Waals surface area contributed by atoms with Gasteiger partial charge >= 0.3 is 0 Å². The Bertz CT molecular complexity index is 463. The molecule has 0 atom stereocenters. The van der Waals surface area contributed by atoms with Gasteiger partial charge in [0, 0.05) is 25.4 Å². The third kappa shape index (κ3) is 5.43. The molecule has 110 valence electrons. The number of ether oxygens (including phenoxy) is 1. The monoisotopic (exact) mass is 296 g/mol. The molecule has 2 N–H and O–H groups in total. The number of halogens is 1. The summed E-state index contributed by atoms with van der Waals surface area (Å²) < 4.78 is 18.9. The molecule has 1 fully saturated rings. The molecule has 1 aromatic rings. The maximum absolute atomic E-state index is 13.4. The van der Waals surface area contributed by atoms with Crippen LogP contribution in [0.2, 0.25) is 0 Å². The Kier molecular flexibility index (Phi) is 5.73. The highest BCUT2D eigenvalue weighted by atomic mass is 32.1. The van der Waals surface area contributed by atoms with E-state index < -0.39 is 0 Å². The lowest BCUT2D eigenvalue weighted by Crippen LogP contribution is -2.29. The summed E-state index contributed by atoms with van der Waals surface area (Å²) in [4.78, 5) is 0. The summed E-state index contributed by atoms with van der Waals surface area (Å²) in [7, 11) is 0. The van der Waals surface area contributed by atoms with Crippen LogP contribution in [0.15, 0.2) is 18.2 Å². The van der Waals surface area contributed by atoms with Gasteiger partial charge in [0.05, 0.1) is 0 Å². The number of rotatable bonds is 7. The molecule has 0 amide bonds. The average molecular weight is 296 g/mol. The smallest absolute Gasteiger partial charge is 0.170 e. The van der Waals surface area contributed by atoms with E-state index in [-0.39, 0.29) is 5.82 Å². The molecule has 5 heteroatoms. The lowest BCUT2D eigenvalue weighted by atomic mass is 10.2. The van der Waals surface area contributed by atoms with Crippen molar-refractivity contribution in [2.45, 2.75) is 26.2 Å². The average Bonchev–Trinajstić information content (AvgIpc) is 3.22. The zero-order valence-corrected chi connectivity index (χ0v) is 12.6. The van der Waals surface area contributed by atoms with Crippen LogP contribution >= 0.6 is 12.2 Å².